The summed E-state index contributed by atoms with van der Waals surface area (Å²) in [4.78, 5) is 24.3. The van der Waals surface area contributed by atoms with Gasteiger partial charge in [0.15, 0.2) is 5.75 Å². The van der Waals surface area contributed by atoms with E-state index >= 15 is 0 Å². The zero-order valence-electron chi connectivity index (χ0n) is 8.56. The van der Waals surface area contributed by atoms with Crippen molar-refractivity contribution in [1.82, 2.24) is 0 Å². The molecule has 1 aliphatic heterocycles. The number of benzene rings is 1. The first-order chi connectivity index (χ1) is 7.11. The predicted molar refractivity (Wildman–Crippen MR) is 54.7 cm³/mol. The van der Waals surface area contributed by atoms with Gasteiger partial charge in [0.1, 0.15) is 6.04 Å². The molecule has 78 valence electrons. The van der Waals surface area contributed by atoms with Crippen molar-refractivity contribution in [1.29, 1.82) is 0 Å². The van der Waals surface area contributed by atoms with Crippen LogP contribution in [0.1, 0.15) is 13.8 Å². The van der Waals surface area contributed by atoms with Crippen LogP contribution in [0.15, 0.2) is 24.3 Å². The number of rotatable bonds is 0. The number of anilines is 1. The van der Waals surface area contributed by atoms with Gasteiger partial charge in [0, 0.05) is 6.92 Å². The molecule has 1 atom stereocenters. The van der Waals surface area contributed by atoms with Gasteiger partial charge in [-0.1, -0.05) is 12.1 Å². The molecule has 1 amide bonds. The van der Waals surface area contributed by atoms with Crippen LogP contribution in [0.25, 0.3) is 0 Å². The third kappa shape index (κ3) is 1.48. The average molecular weight is 205 g/mol. The summed E-state index contributed by atoms with van der Waals surface area (Å²) < 4.78 is 5.09. The van der Waals surface area contributed by atoms with E-state index in [0.29, 0.717) is 11.4 Å². The fourth-order valence-electron chi connectivity index (χ4n) is 1.69. The Hall–Kier alpha value is -1.84. The second-order valence-corrected chi connectivity index (χ2v) is 3.45. The molecule has 0 bridgehead atoms. The molecule has 0 N–H and O–H groups in total. The van der Waals surface area contributed by atoms with Crippen LogP contribution in [-0.2, 0) is 9.59 Å². The highest BCUT2D eigenvalue weighted by Gasteiger charge is 2.33. The standard InChI is InChI=1S/C11H11NO3/c1-7-11(14)15-10-6-4-3-5-9(10)12(7)8(2)13/h3-7H,1-2H3. The van der Waals surface area contributed by atoms with Crippen LogP contribution < -0.4 is 9.64 Å². The van der Waals surface area contributed by atoms with Gasteiger partial charge in [-0.2, -0.15) is 0 Å². The average Bonchev–Trinajstić information content (AvgIpc) is 2.19. The van der Waals surface area contributed by atoms with Gasteiger partial charge < -0.3 is 4.74 Å². The summed E-state index contributed by atoms with van der Waals surface area (Å²) in [7, 11) is 0. The summed E-state index contributed by atoms with van der Waals surface area (Å²) in [6.45, 7) is 3.09. The van der Waals surface area contributed by atoms with Crippen LogP contribution in [0.3, 0.4) is 0 Å². The van der Waals surface area contributed by atoms with Gasteiger partial charge in [-0.15, -0.1) is 0 Å². The molecule has 0 saturated carbocycles. The van der Waals surface area contributed by atoms with E-state index in [1.54, 1.807) is 31.2 Å². The minimum atomic E-state index is -0.558. The molecule has 2 rings (SSSR count). The van der Waals surface area contributed by atoms with Crippen molar-refractivity contribution in [2.24, 2.45) is 0 Å². The Balaban J connectivity index is 2.54. The molecule has 0 spiro atoms. The fourth-order valence-corrected chi connectivity index (χ4v) is 1.69. The molecule has 4 heteroatoms. The molecular weight excluding hydrogens is 194 g/mol. The Morgan fingerprint density at radius 3 is 2.73 bits per heavy atom. The smallest absolute Gasteiger partial charge is 0.334 e. The number of ether oxygens (including phenoxy) is 1. The molecule has 1 aromatic rings. The lowest BCUT2D eigenvalue weighted by molar-refractivity contribution is -0.138. The van der Waals surface area contributed by atoms with Gasteiger partial charge in [0.2, 0.25) is 5.91 Å². The van der Waals surface area contributed by atoms with Crippen LogP contribution >= 0.6 is 0 Å². The Bertz CT molecular complexity index is 428. The Labute approximate surface area is 87.4 Å². The number of hydrogen-bond acceptors (Lipinski definition) is 3. The van der Waals surface area contributed by atoms with E-state index in [1.165, 1.54) is 11.8 Å². The molecule has 4 nitrogen and oxygen atoms in total. The molecular formula is C11H11NO3. The molecule has 0 fully saturated rings. The molecule has 1 heterocycles. The molecule has 0 radical (unpaired) electrons. The Morgan fingerprint density at radius 2 is 2.07 bits per heavy atom. The van der Waals surface area contributed by atoms with E-state index in [4.69, 9.17) is 4.74 Å². The third-order valence-corrected chi connectivity index (χ3v) is 2.40. The normalized spacial score (nSPS) is 19.5. The number of fused-ring (bicyclic) bond motifs is 1. The van der Waals surface area contributed by atoms with Crippen molar-refractivity contribution >= 4 is 17.6 Å². The van der Waals surface area contributed by atoms with Crippen LogP contribution in [0, 0.1) is 0 Å². The zero-order chi connectivity index (χ0) is 11.0. The van der Waals surface area contributed by atoms with Crippen molar-refractivity contribution in [3.63, 3.8) is 0 Å². The van der Waals surface area contributed by atoms with Gasteiger partial charge in [-0.05, 0) is 19.1 Å². The predicted octanol–water partition coefficient (Wildman–Crippen LogP) is 1.35. The number of carbonyl (C=O) groups is 2. The maximum atomic E-state index is 11.5. The summed E-state index contributed by atoms with van der Waals surface area (Å²) in [5.74, 6) is -0.119. The number of hydrogen-bond donors (Lipinski definition) is 0. The maximum Gasteiger partial charge on any atom is 0.334 e. The first-order valence-corrected chi connectivity index (χ1v) is 4.72. The molecule has 1 unspecified atom stereocenters. The van der Waals surface area contributed by atoms with Gasteiger partial charge in [0.05, 0.1) is 5.69 Å². The second kappa shape index (κ2) is 3.38. The summed E-state index contributed by atoms with van der Waals surface area (Å²) in [5, 5.41) is 0. The lowest BCUT2D eigenvalue weighted by Gasteiger charge is -2.32. The van der Waals surface area contributed by atoms with Gasteiger partial charge in [0.25, 0.3) is 0 Å². The van der Waals surface area contributed by atoms with Gasteiger partial charge in [-0.25, -0.2) is 4.79 Å². The van der Waals surface area contributed by atoms with Crippen LogP contribution in [-0.4, -0.2) is 17.9 Å². The third-order valence-electron chi connectivity index (χ3n) is 2.40. The highest BCUT2D eigenvalue weighted by molar-refractivity contribution is 6.02. The Kier molecular flexibility index (Phi) is 2.19. The largest absolute Gasteiger partial charge is 0.423 e. The second-order valence-electron chi connectivity index (χ2n) is 3.45. The summed E-state index contributed by atoms with van der Waals surface area (Å²) >= 11 is 0. The molecule has 15 heavy (non-hydrogen) atoms. The highest BCUT2D eigenvalue weighted by atomic mass is 16.5. The van der Waals surface area contributed by atoms with Crippen LogP contribution in [0.4, 0.5) is 5.69 Å². The molecule has 1 aliphatic rings. The van der Waals surface area contributed by atoms with Crippen LogP contribution in [0.2, 0.25) is 0 Å². The van der Waals surface area contributed by atoms with Crippen molar-refractivity contribution in [3.05, 3.63) is 24.3 Å². The number of para-hydroxylation sites is 2. The van der Waals surface area contributed by atoms with Gasteiger partial charge in [-0.3, -0.25) is 9.69 Å². The van der Waals surface area contributed by atoms with Crippen molar-refractivity contribution in [2.45, 2.75) is 19.9 Å². The van der Waals surface area contributed by atoms with E-state index < -0.39 is 12.0 Å². The Morgan fingerprint density at radius 1 is 1.40 bits per heavy atom. The van der Waals surface area contributed by atoms with Crippen molar-refractivity contribution in [3.8, 4) is 5.75 Å². The molecule has 1 aromatic carbocycles. The van der Waals surface area contributed by atoms with E-state index in [-0.39, 0.29) is 5.91 Å². The maximum absolute atomic E-state index is 11.5. The van der Waals surface area contributed by atoms with Crippen molar-refractivity contribution in [2.75, 3.05) is 4.90 Å². The number of amides is 1. The summed E-state index contributed by atoms with van der Waals surface area (Å²) in [6, 6.07) is 6.45. The summed E-state index contributed by atoms with van der Waals surface area (Å²) in [5.41, 5.74) is 0.650. The number of nitrogens with zero attached hydrogens (tertiary/aromatic N) is 1. The monoisotopic (exact) mass is 205 g/mol. The molecule has 0 aromatic heterocycles. The van der Waals surface area contributed by atoms with Crippen LogP contribution in [0.5, 0.6) is 5.75 Å². The molecule has 0 saturated heterocycles. The van der Waals surface area contributed by atoms with E-state index in [9.17, 15) is 9.59 Å². The van der Waals surface area contributed by atoms with E-state index in [2.05, 4.69) is 0 Å². The SMILES string of the molecule is CC(=O)N1c2ccccc2OC(=O)C1C. The fraction of sp³-hybridized carbons (Fsp3) is 0.273. The van der Waals surface area contributed by atoms with E-state index in [1.807, 2.05) is 0 Å². The van der Waals surface area contributed by atoms with E-state index in [0.717, 1.165) is 0 Å². The minimum absolute atomic E-state index is 0.161. The lowest BCUT2D eigenvalue weighted by Crippen LogP contribution is -2.47. The van der Waals surface area contributed by atoms with Crippen molar-refractivity contribution < 1.29 is 14.3 Å². The summed E-state index contributed by atoms with van der Waals surface area (Å²) in [6.07, 6.45) is 0. The lowest BCUT2D eigenvalue weighted by atomic mass is 10.1. The first kappa shape index (κ1) is 9.71. The number of esters is 1. The highest BCUT2D eigenvalue weighted by Crippen LogP contribution is 2.33. The first-order valence-electron chi connectivity index (χ1n) is 4.72. The van der Waals surface area contributed by atoms with Gasteiger partial charge >= 0.3 is 5.97 Å². The topological polar surface area (TPSA) is 46.6 Å². The quantitative estimate of drug-likeness (QED) is 0.474. The minimum Gasteiger partial charge on any atom is -0.423 e. The molecule has 0 aliphatic carbocycles. The zero-order valence-corrected chi connectivity index (χ0v) is 8.56. The number of carbonyl (C=O) groups excluding carboxylic acids is 2.